The monoisotopic (exact) mass is 324 g/mol. The zero-order chi connectivity index (χ0) is 14.6. The lowest BCUT2D eigenvalue weighted by Crippen LogP contribution is -2.37. The SMILES string of the molecule is CS(=O)(=O)CCC(N)C(=O)Nc1cccc(Cl)c1Cl. The number of hydrogen-bond acceptors (Lipinski definition) is 4. The summed E-state index contributed by atoms with van der Waals surface area (Å²) in [5.41, 5.74) is 5.95. The number of halogens is 2. The van der Waals surface area contributed by atoms with Crippen LogP contribution in [0.1, 0.15) is 6.42 Å². The molecule has 0 aliphatic rings. The first-order valence-corrected chi connectivity index (χ1v) is 8.20. The lowest BCUT2D eigenvalue weighted by Gasteiger charge is -2.13. The first-order valence-electron chi connectivity index (χ1n) is 5.39. The number of nitrogens with two attached hydrogens (primary N) is 1. The highest BCUT2D eigenvalue weighted by Gasteiger charge is 2.17. The fraction of sp³-hybridized carbons (Fsp3) is 0.364. The van der Waals surface area contributed by atoms with Crippen LogP contribution in [0.4, 0.5) is 5.69 Å². The number of carbonyl (C=O) groups is 1. The summed E-state index contributed by atoms with van der Waals surface area (Å²) in [5, 5.41) is 3.04. The van der Waals surface area contributed by atoms with Crippen LogP contribution >= 0.6 is 23.2 Å². The van der Waals surface area contributed by atoms with E-state index in [1.54, 1.807) is 18.2 Å². The number of nitrogens with one attached hydrogen (secondary N) is 1. The van der Waals surface area contributed by atoms with Crippen molar-refractivity contribution < 1.29 is 13.2 Å². The largest absolute Gasteiger partial charge is 0.323 e. The lowest BCUT2D eigenvalue weighted by molar-refractivity contribution is -0.117. The molecule has 1 aromatic rings. The van der Waals surface area contributed by atoms with Gasteiger partial charge in [0.25, 0.3) is 0 Å². The molecule has 0 aromatic heterocycles. The van der Waals surface area contributed by atoms with Gasteiger partial charge in [0.2, 0.25) is 5.91 Å². The third kappa shape index (κ3) is 5.36. The van der Waals surface area contributed by atoms with Crippen molar-refractivity contribution in [2.75, 3.05) is 17.3 Å². The van der Waals surface area contributed by atoms with Gasteiger partial charge in [-0.3, -0.25) is 4.79 Å². The van der Waals surface area contributed by atoms with Crippen LogP contribution in [0, 0.1) is 0 Å². The number of benzene rings is 1. The molecule has 0 fully saturated rings. The Morgan fingerprint density at radius 3 is 2.63 bits per heavy atom. The molecular weight excluding hydrogens is 311 g/mol. The van der Waals surface area contributed by atoms with E-state index < -0.39 is 21.8 Å². The van der Waals surface area contributed by atoms with E-state index in [-0.39, 0.29) is 17.2 Å². The van der Waals surface area contributed by atoms with Crippen molar-refractivity contribution in [2.24, 2.45) is 5.73 Å². The quantitative estimate of drug-likeness (QED) is 0.862. The van der Waals surface area contributed by atoms with Gasteiger partial charge < -0.3 is 11.1 Å². The number of sulfone groups is 1. The van der Waals surface area contributed by atoms with Gasteiger partial charge in [-0.2, -0.15) is 0 Å². The van der Waals surface area contributed by atoms with Crippen LogP contribution in [0.3, 0.4) is 0 Å². The molecule has 3 N–H and O–H groups in total. The van der Waals surface area contributed by atoms with Crippen molar-refractivity contribution in [3.8, 4) is 0 Å². The van der Waals surface area contributed by atoms with E-state index in [4.69, 9.17) is 28.9 Å². The Morgan fingerprint density at radius 2 is 2.05 bits per heavy atom. The summed E-state index contributed by atoms with van der Waals surface area (Å²) in [6.45, 7) is 0. The molecule has 1 aromatic carbocycles. The summed E-state index contributed by atoms with van der Waals surface area (Å²) in [4.78, 5) is 11.8. The molecule has 5 nitrogen and oxygen atoms in total. The maximum atomic E-state index is 11.8. The van der Waals surface area contributed by atoms with E-state index >= 15 is 0 Å². The zero-order valence-electron chi connectivity index (χ0n) is 10.2. The standard InChI is InChI=1S/C11H14Cl2N2O3S/c1-19(17,18)6-5-8(14)11(16)15-9-4-2-3-7(12)10(9)13/h2-4,8H,5-6,14H2,1H3,(H,15,16). The summed E-state index contributed by atoms with van der Waals surface area (Å²) in [5.74, 6) is -0.655. The van der Waals surface area contributed by atoms with E-state index in [0.29, 0.717) is 10.7 Å². The normalized spacial score (nSPS) is 13.1. The number of amides is 1. The van der Waals surface area contributed by atoms with Gasteiger partial charge in [0, 0.05) is 6.26 Å². The predicted octanol–water partition coefficient (Wildman–Crippen LogP) is 1.69. The van der Waals surface area contributed by atoms with Crippen molar-refractivity contribution in [1.82, 2.24) is 0 Å². The van der Waals surface area contributed by atoms with Crippen molar-refractivity contribution in [3.63, 3.8) is 0 Å². The van der Waals surface area contributed by atoms with E-state index in [2.05, 4.69) is 5.32 Å². The van der Waals surface area contributed by atoms with Crippen LogP contribution < -0.4 is 11.1 Å². The Hall–Kier alpha value is -0.820. The maximum absolute atomic E-state index is 11.8. The van der Waals surface area contributed by atoms with Crippen LogP contribution in [0.5, 0.6) is 0 Å². The minimum Gasteiger partial charge on any atom is -0.323 e. The van der Waals surface area contributed by atoms with Gasteiger partial charge in [-0.1, -0.05) is 29.3 Å². The fourth-order valence-electron chi connectivity index (χ4n) is 1.30. The van der Waals surface area contributed by atoms with E-state index in [1.165, 1.54) is 0 Å². The molecule has 1 atom stereocenters. The zero-order valence-corrected chi connectivity index (χ0v) is 12.5. The minimum absolute atomic E-state index is 0.0445. The van der Waals surface area contributed by atoms with Crippen LogP contribution in [-0.4, -0.2) is 32.4 Å². The van der Waals surface area contributed by atoms with Crippen molar-refractivity contribution in [3.05, 3.63) is 28.2 Å². The Morgan fingerprint density at radius 1 is 1.42 bits per heavy atom. The molecule has 0 heterocycles. The predicted molar refractivity (Wildman–Crippen MR) is 77.4 cm³/mol. The molecule has 1 rings (SSSR count). The Balaban J connectivity index is 2.67. The first kappa shape index (κ1) is 16.2. The number of carbonyl (C=O) groups excluding carboxylic acids is 1. The van der Waals surface area contributed by atoms with Crippen molar-refractivity contribution >= 4 is 44.6 Å². The Kier molecular flexibility index (Phi) is 5.61. The highest BCUT2D eigenvalue weighted by Crippen LogP contribution is 2.29. The van der Waals surface area contributed by atoms with E-state index in [9.17, 15) is 13.2 Å². The molecule has 0 bridgehead atoms. The van der Waals surface area contributed by atoms with Crippen LogP contribution in [-0.2, 0) is 14.6 Å². The molecule has 0 aliphatic heterocycles. The van der Waals surface area contributed by atoms with Crippen LogP contribution in [0.2, 0.25) is 10.0 Å². The minimum atomic E-state index is -3.15. The van der Waals surface area contributed by atoms with Crippen LogP contribution in [0.15, 0.2) is 18.2 Å². The molecule has 8 heteroatoms. The highest BCUT2D eigenvalue weighted by molar-refractivity contribution is 7.90. The fourth-order valence-corrected chi connectivity index (χ4v) is 2.33. The molecular formula is C11H14Cl2N2O3S. The third-order valence-corrected chi connectivity index (χ3v) is 4.14. The first-order chi connectivity index (χ1) is 8.70. The summed E-state index contributed by atoms with van der Waals surface area (Å²) < 4.78 is 22.0. The second-order valence-corrected chi connectivity index (χ2v) is 7.16. The van der Waals surface area contributed by atoms with Gasteiger partial charge in [-0.15, -0.1) is 0 Å². The second kappa shape index (κ2) is 6.56. The molecule has 0 radical (unpaired) electrons. The van der Waals surface area contributed by atoms with Crippen molar-refractivity contribution in [1.29, 1.82) is 0 Å². The van der Waals surface area contributed by atoms with Crippen molar-refractivity contribution in [2.45, 2.75) is 12.5 Å². The van der Waals surface area contributed by atoms with Gasteiger partial charge in [-0.05, 0) is 18.6 Å². The molecule has 0 aliphatic carbocycles. The molecule has 1 amide bonds. The van der Waals surface area contributed by atoms with E-state index in [0.717, 1.165) is 6.26 Å². The molecule has 0 spiro atoms. The third-order valence-electron chi connectivity index (χ3n) is 2.35. The van der Waals surface area contributed by atoms with Crippen LogP contribution in [0.25, 0.3) is 0 Å². The molecule has 0 saturated carbocycles. The molecule has 1 unspecified atom stereocenters. The van der Waals surface area contributed by atoms with Gasteiger partial charge in [-0.25, -0.2) is 8.42 Å². The van der Waals surface area contributed by atoms with Gasteiger partial charge >= 0.3 is 0 Å². The average Bonchev–Trinajstić information content (AvgIpc) is 2.31. The second-order valence-electron chi connectivity index (χ2n) is 4.12. The Bertz CT molecular complexity index is 575. The number of rotatable bonds is 5. The molecule has 0 saturated heterocycles. The average molecular weight is 325 g/mol. The summed E-state index contributed by atoms with van der Waals surface area (Å²) in [6.07, 6.45) is 1.13. The molecule has 19 heavy (non-hydrogen) atoms. The van der Waals surface area contributed by atoms with E-state index in [1.807, 2.05) is 0 Å². The Labute approximate surface area is 122 Å². The summed E-state index contributed by atoms with van der Waals surface area (Å²) >= 11 is 11.7. The van der Waals surface area contributed by atoms with Gasteiger partial charge in [0.15, 0.2) is 0 Å². The number of hydrogen-bond donors (Lipinski definition) is 2. The molecule has 106 valence electrons. The highest BCUT2D eigenvalue weighted by atomic mass is 35.5. The van der Waals surface area contributed by atoms with Gasteiger partial charge in [0.05, 0.1) is 27.5 Å². The summed E-state index contributed by atoms with van der Waals surface area (Å²) in [7, 11) is -3.15. The van der Waals surface area contributed by atoms with Gasteiger partial charge in [0.1, 0.15) is 9.84 Å². The smallest absolute Gasteiger partial charge is 0.241 e. The number of anilines is 1. The maximum Gasteiger partial charge on any atom is 0.241 e. The lowest BCUT2D eigenvalue weighted by atomic mass is 10.2. The topological polar surface area (TPSA) is 89.3 Å². The summed E-state index contributed by atoms with van der Waals surface area (Å²) in [6, 6.07) is 3.87.